The highest BCUT2D eigenvalue weighted by molar-refractivity contribution is 5.55. The summed E-state index contributed by atoms with van der Waals surface area (Å²) in [4.78, 5) is 0. The summed E-state index contributed by atoms with van der Waals surface area (Å²) in [5.74, 6) is 0.732. The zero-order valence-electron chi connectivity index (χ0n) is 12.4. The zero-order valence-corrected chi connectivity index (χ0v) is 12.4. The Bertz CT molecular complexity index is 599. The first-order valence-electron chi connectivity index (χ1n) is 6.65. The highest BCUT2D eigenvalue weighted by atomic mass is 19.1. The van der Waals surface area contributed by atoms with E-state index in [4.69, 9.17) is 4.74 Å². The maximum absolute atomic E-state index is 13.1. The molecule has 0 unspecified atom stereocenters. The van der Waals surface area contributed by atoms with E-state index >= 15 is 0 Å². The molecular formula is C17H20FNO. The second kappa shape index (κ2) is 5.95. The summed E-state index contributed by atoms with van der Waals surface area (Å²) in [5.41, 5.74) is 5.30. The SMILES string of the molecule is COc1c(C)cc(NCc2ccc(F)cc2C)cc1C. The van der Waals surface area contributed by atoms with Crippen molar-refractivity contribution in [1.82, 2.24) is 0 Å². The monoisotopic (exact) mass is 273 g/mol. The van der Waals surface area contributed by atoms with Crippen molar-refractivity contribution in [2.24, 2.45) is 0 Å². The van der Waals surface area contributed by atoms with Crippen molar-refractivity contribution in [3.05, 3.63) is 58.4 Å². The fourth-order valence-corrected chi connectivity index (χ4v) is 2.43. The van der Waals surface area contributed by atoms with Crippen LogP contribution in [0.25, 0.3) is 0 Å². The van der Waals surface area contributed by atoms with E-state index in [0.29, 0.717) is 6.54 Å². The Morgan fingerprint density at radius 2 is 1.65 bits per heavy atom. The molecule has 0 bridgehead atoms. The van der Waals surface area contributed by atoms with E-state index < -0.39 is 0 Å². The fourth-order valence-electron chi connectivity index (χ4n) is 2.43. The van der Waals surface area contributed by atoms with Gasteiger partial charge in [0, 0.05) is 12.2 Å². The van der Waals surface area contributed by atoms with E-state index in [-0.39, 0.29) is 5.82 Å². The minimum absolute atomic E-state index is 0.192. The molecule has 0 fully saturated rings. The molecule has 0 radical (unpaired) electrons. The van der Waals surface area contributed by atoms with E-state index in [2.05, 4.69) is 17.4 Å². The third kappa shape index (κ3) is 3.10. The normalized spacial score (nSPS) is 10.4. The Balaban J connectivity index is 2.15. The Kier molecular flexibility index (Phi) is 4.28. The van der Waals surface area contributed by atoms with Crippen LogP contribution < -0.4 is 10.1 Å². The van der Waals surface area contributed by atoms with Gasteiger partial charge in [-0.25, -0.2) is 4.39 Å². The average molecular weight is 273 g/mol. The van der Waals surface area contributed by atoms with Crippen LogP contribution in [0.15, 0.2) is 30.3 Å². The third-order valence-electron chi connectivity index (χ3n) is 3.45. The molecule has 2 aromatic rings. The van der Waals surface area contributed by atoms with Gasteiger partial charge in [-0.15, -0.1) is 0 Å². The fraction of sp³-hybridized carbons (Fsp3) is 0.294. The lowest BCUT2D eigenvalue weighted by Crippen LogP contribution is -2.03. The van der Waals surface area contributed by atoms with E-state index in [9.17, 15) is 4.39 Å². The zero-order chi connectivity index (χ0) is 14.7. The van der Waals surface area contributed by atoms with Crippen molar-refractivity contribution in [1.29, 1.82) is 0 Å². The molecule has 0 amide bonds. The first-order chi connectivity index (χ1) is 9.51. The number of hydrogen-bond donors (Lipinski definition) is 1. The number of methoxy groups -OCH3 is 1. The molecule has 0 saturated carbocycles. The maximum Gasteiger partial charge on any atom is 0.124 e. The van der Waals surface area contributed by atoms with Gasteiger partial charge in [0.25, 0.3) is 0 Å². The van der Waals surface area contributed by atoms with Gasteiger partial charge in [-0.05, 0) is 67.3 Å². The molecule has 20 heavy (non-hydrogen) atoms. The lowest BCUT2D eigenvalue weighted by molar-refractivity contribution is 0.408. The van der Waals surface area contributed by atoms with Crippen molar-refractivity contribution in [3.63, 3.8) is 0 Å². The molecule has 0 saturated heterocycles. The minimum Gasteiger partial charge on any atom is -0.496 e. The van der Waals surface area contributed by atoms with Crippen LogP contribution in [0.3, 0.4) is 0 Å². The van der Waals surface area contributed by atoms with Crippen LogP contribution in [0.4, 0.5) is 10.1 Å². The molecule has 106 valence electrons. The summed E-state index contributed by atoms with van der Waals surface area (Å²) in [6.07, 6.45) is 0. The van der Waals surface area contributed by atoms with Gasteiger partial charge in [0.2, 0.25) is 0 Å². The maximum atomic E-state index is 13.1. The van der Waals surface area contributed by atoms with Gasteiger partial charge >= 0.3 is 0 Å². The van der Waals surface area contributed by atoms with E-state index in [0.717, 1.165) is 33.7 Å². The van der Waals surface area contributed by atoms with Crippen LogP contribution in [0.5, 0.6) is 5.75 Å². The van der Waals surface area contributed by atoms with Crippen molar-refractivity contribution >= 4 is 5.69 Å². The Labute approximate surface area is 119 Å². The van der Waals surface area contributed by atoms with Gasteiger partial charge in [-0.2, -0.15) is 0 Å². The second-order valence-corrected chi connectivity index (χ2v) is 5.07. The molecule has 0 spiro atoms. The molecule has 0 aromatic heterocycles. The third-order valence-corrected chi connectivity index (χ3v) is 3.45. The molecule has 1 N–H and O–H groups in total. The molecule has 2 aromatic carbocycles. The summed E-state index contributed by atoms with van der Waals surface area (Å²) in [6.45, 7) is 6.66. The van der Waals surface area contributed by atoms with Gasteiger partial charge in [0.15, 0.2) is 0 Å². The van der Waals surface area contributed by atoms with Crippen molar-refractivity contribution in [2.45, 2.75) is 27.3 Å². The van der Waals surface area contributed by atoms with Crippen LogP contribution in [0.1, 0.15) is 22.3 Å². The molecule has 0 aliphatic heterocycles. The predicted octanol–water partition coefficient (Wildman–Crippen LogP) is 4.37. The standard InChI is InChI=1S/C17H20FNO/c1-11-7-15(18)6-5-14(11)10-19-16-8-12(2)17(20-4)13(3)9-16/h5-9,19H,10H2,1-4H3. The highest BCUT2D eigenvalue weighted by Crippen LogP contribution is 2.27. The number of hydrogen-bond acceptors (Lipinski definition) is 2. The first-order valence-corrected chi connectivity index (χ1v) is 6.65. The smallest absolute Gasteiger partial charge is 0.124 e. The molecule has 0 aliphatic carbocycles. The van der Waals surface area contributed by atoms with Crippen molar-refractivity contribution < 1.29 is 9.13 Å². The Hall–Kier alpha value is -2.03. The minimum atomic E-state index is -0.192. The summed E-state index contributed by atoms with van der Waals surface area (Å²) in [6, 6.07) is 8.99. The summed E-state index contributed by atoms with van der Waals surface area (Å²) in [5, 5.41) is 3.38. The number of benzene rings is 2. The van der Waals surface area contributed by atoms with Gasteiger partial charge in [0.1, 0.15) is 11.6 Å². The van der Waals surface area contributed by atoms with E-state index in [1.165, 1.54) is 6.07 Å². The van der Waals surface area contributed by atoms with Crippen LogP contribution in [0, 0.1) is 26.6 Å². The molecular weight excluding hydrogens is 253 g/mol. The van der Waals surface area contributed by atoms with E-state index in [1.54, 1.807) is 13.2 Å². The van der Waals surface area contributed by atoms with Crippen LogP contribution in [0.2, 0.25) is 0 Å². The van der Waals surface area contributed by atoms with Gasteiger partial charge in [-0.1, -0.05) is 6.07 Å². The molecule has 0 aliphatic rings. The van der Waals surface area contributed by atoms with Gasteiger partial charge in [0.05, 0.1) is 7.11 Å². The quantitative estimate of drug-likeness (QED) is 0.893. The molecule has 0 atom stereocenters. The van der Waals surface area contributed by atoms with Crippen LogP contribution in [-0.2, 0) is 6.54 Å². The molecule has 2 rings (SSSR count). The molecule has 0 heterocycles. The number of ether oxygens (including phenoxy) is 1. The molecule has 3 heteroatoms. The number of anilines is 1. The number of nitrogens with one attached hydrogen (secondary N) is 1. The largest absolute Gasteiger partial charge is 0.496 e. The Morgan fingerprint density at radius 1 is 1.00 bits per heavy atom. The number of aryl methyl sites for hydroxylation is 3. The van der Waals surface area contributed by atoms with Crippen molar-refractivity contribution in [2.75, 3.05) is 12.4 Å². The lowest BCUT2D eigenvalue weighted by atomic mass is 10.1. The average Bonchev–Trinajstić information content (AvgIpc) is 2.37. The van der Waals surface area contributed by atoms with Crippen LogP contribution in [-0.4, -0.2) is 7.11 Å². The topological polar surface area (TPSA) is 21.3 Å². The van der Waals surface area contributed by atoms with Crippen molar-refractivity contribution in [3.8, 4) is 5.75 Å². The summed E-state index contributed by atoms with van der Waals surface area (Å²) in [7, 11) is 1.68. The number of halogens is 1. The molecule has 2 nitrogen and oxygen atoms in total. The first kappa shape index (κ1) is 14.4. The predicted molar refractivity (Wildman–Crippen MR) is 80.9 cm³/mol. The van der Waals surface area contributed by atoms with Crippen LogP contribution >= 0.6 is 0 Å². The van der Waals surface area contributed by atoms with Gasteiger partial charge < -0.3 is 10.1 Å². The number of rotatable bonds is 4. The summed E-state index contributed by atoms with van der Waals surface area (Å²) < 4.78 is 18.4. The van der Waals surface area contributed by atoms with E-state index in [1.807, 2.05) is 26.8 Å². The second-order valence-electron chi connectivity index (χ2n) is 5.07. The van der Waals surface area contributed by atoms with Gasteiger partial charge in [-0.3, -0.25) is 0 Å². The lowest BCUT2D eigenvalue weighted by Gasteiger charge is -2.14. The highest BCUT2D eigenvalue weighted by Gasteiger charge is 2.06. The Morgan fingerprint density at radius 3 is 2.20 bits per heavy atom. The summed E-state index contributed by atoms with van der Waals surface area (Å²) >= 11 is 0.